The van der Waals surface area contributed by atoms with E-state index in [0.29, 0.717) is 70.9 Å². The summed E-state index contributed by atoms with van der Waals surface area (Å²) in [6, 6.07) is 11.1. The Hall–Kier alpha value is -6.98. The number of aromatic nitrogens is 3. The summed E-state index contributed by atoms with van der Waals surface area (Å²) in [6.07, 6.45) is 8.28. The maximum Gasteiger partial charge on any atom is 0.413 e. The van der Waals surface area contributed by atoms with E-state index >= 15 is 0 Å². The molecule has 3 aliphatic heterocycles. The minimum Gasteiger partial charge on any atom is -0.493 e. The number of halogens is 2. The molecular formula is C48H49F2N7O9. The molecule has 0 unspecified atom stereocenters. The van der Waals surface area contributed by atoms with Crippen molar-refractivity contribution in [1.29, 1.82) is 0 Å². The number of amides is 3. The molecule has 344 valence electrons. The Balaban J connectivity index is 0.871. The molecule has 3 aromatic carbocycles. The van der Waals surface area contributed by atoms with Gasteiger partial charge in [-0.15, -0.1) is 0 Å². The maximum absolute atomic E-state index is 14.5. The standard InChI is InChI=1S/C48H49F2N7O9/c1-61-35-12-10-28(21-38(35)62-2)41-30-5-3-4-6-31(30)46(58)57(55-41)29-15-17-56(18-16-29)47(59)34(20-27-9-11-32(49)33(50)19-27)54-48(60)66-39-22-51-44-42(39)52-24-53-43(44)40-36(63-23-26-7-8-26)13-14-37-45(40)65-25-64-37/h9-14,19,21-22,24,26,29-31,34,51H,3-8,15-18,20,23,25H2,1-2H3,(H,54,60)/t30-,31+,34+/m0/s1. The molecule has 0 radical (unpaired) electrons. The second-order valence-corrected chi connectivity index (χ2v) is 17.4. The lowest BCUT2D eigenvalue weighted by atomic mass is 9.73. The molecular weight excluding hydrogens is 857 g/mol. The summed E-state index contributed by atoms with van der Waals surface area (Å²) < 4.78 is 63.1. The first-order chi connectivity index (χ1) is 32.2. The van der Waals surface area contributed by atoms with E-state index < -0.39 is 29.7 Å². The molecule has 3 amide bonds. The Morgan fingerprint density at radius 1 is 0.879 bits per heavy atom. The number of likely N-dealkylation sites (tertiary alicyclic amines) is 1. The number of methoxy groups -OCH3 is 2. The number of fused-ring (bicyclic) bond motifs is 3. The monoisotopic (exact) mass is 905 g/mol. The quantitative estimate of drug-likeness (QED) is 0.122. The SMILES string of the molecule is COc1ccc(C2=NN(C3CCN(C(=O)[C@@H](Cc4ccc(F)c(F)c4)NC(=O)Oc4c[nH]c5c(-c6c(OCC7CC7)ccc7c6OCO7)ncnc45)CC3)C(=O)[C@@H]3CCCC[C@H]23)cc1OC. The predicted octanol–water partition coefficient (Wildman–Crippen LogP) is 7.18. The van der Waals surface area contributed by atoms with Gasteiger partial charge in [-0.2, -0.15) is 5.10 Å². The van der Waals surface area contributed by atoms with Crippen LogP contribution >= 0.6 is 0 Å². The van der Waals surface area contributed by atoms with Crippen LogP contribution in [0.5, 0.6) is 34.5 Å². The van der Waals surface area contributed by atoms with Crippen LogP contribution in [-0.2, 0) is 16.0 Å². The van der Waals surface area contributed by atoms with E-state index in [1.54, 1.807) is 30.2 Å². The van der Waals surface area contributed by atoms with Crippen molar-refractivity contribution in [2.24, 2.45) is 22.9 Å². The van der Waals surface area contributed by atoms with Crippen molar-refractivity contribution < 1.29 is 51.6 Å². The number of nitrogens with zero attached hydrogens (tertiary/aromatic N) is 5. The minimum atomic E-state index is -1.24. The summed E-state index contributed by atoms with van der Waals surface area (Å²) in [5.41, 5.74) is 3.68. The van der Waals surface area contributed by atoms with E-state index in [9.17, 15) is 23.2 Å². The lowest BCUT2D eigenvalue weighted by Crippen LogP contribution is -2.56. The summed E-state index contributed by atoms with van der Waals surface area (Å²) in [7, 11) is 3.16. The van der Waals surface area contributed by atoms with Gasteiger partial charge in [0, 0.05) is 43.1 Å². The molecule has 0 spiro atoms. The smallest absolute Gasteiger partial charge is 0.413 e. The maximum atomic E-state index is 14.5. The zero-order valence-corrected chi connectivity index (χ0v) is 36.5. The number of nitrogens with one attached hydrogen (secondary N) is 2. The fourth-order valence-corrected chi connectivity index (χ4v) is 9.59. The van der Waals surface area contributed by atoms with Gasteiger partial charge in [0.2, 0.25) is 18.6 Å². The van der Waals surface area contributed by atoms with Crippen molar-refractivity contribution in [1.82, 2.24) is 30.2 Å². The van der Waals surface area contributed by atoms with E-state index in [4.69, 9.17) is 33.5 Å². The molecule has 18 heteroatoms. The molecule has 2 saturated carbocycles. The molecule has 3 fully saturated rings. The molecule has 1 saturated heterocycles. The van der Waals surface area contributed by atoms with Gasteiger partial charge in [-0.1, -0.05) is 18.9 Å². The number of piperidine rings is 1. The van der Waals surface area contributed by atoms with Crippen LogP contribution in [0.15, 0.2) is 66.2 Å². The molecule has 10 rings (SSSR count). The van der Waals surface area contributed by atoms with Gasteiger partial charge in [0.25, 0.3) is 0 Å². The van der Waals surface area contributed by atoms with E-state index in [-0.39, 0.29) is 66.9 Å². The summed E-state index contributed by atoms with van der Waals surface area (Å²) >= 11 is 0. The van der Waals surface area contributed by atoms with Crippen LogP contribution in [0, 0.1) is 29.4 Å². The Bertz CT molecular complexity index is 2720. The number of carbonyl (C=O) groups is 3. The van der Waals surface area contributed by atoms with Crippen LogP contribution in [0.3, 0.4) is 0 Å². The number of hydrogen-bond donors (Lipinski definition) is 2. The summed E-state index contributed by atoms with van der Waals surface area (Å²) in [4.78, 5) is 56.0. The summed E-state index contributed by atoms with van der Waals surface area (Å²) in [5, 5.41) is 9.35. The van der Waals surface area contributed by atoms with Gasteiger partial charge in [-0.05, 0) is 92.5 Å². The van der Waals surface area contributed by atoms with Crippen LogP contribution in [-0.4, -0.2) is 101 Å². The van der Waals surface area contributed by atoms with Crippen molar-refractivity contribution in [3.8, 4) is 45.8 Å². The number of benzene rings is 3. The number of carbonyl (C=O) groups excluding carboxylic acids is 3. The zero-order chi connectivity index (χ0) is 45.5. The number of hydrazone groups is 1. The van der Waals surface area contributed by atoms with Gasteiger partial charge >= 0.3 is 6.09 Å². The molecule has 5 aromatic rings. The number of H-pyrrole nitrogens is 1. The van der Waals surface area contributed by atoms with E-state index in [1.165, 1.54) is 18.6 Å². The topological polar surface area (TPSA) is 179 Å². The highest BCUT2D eigenvalue weighted by atomic mass is 19.2. The second-order valence-electron chi connectivity index (χ2n) is 17.4. The first-order valence-electron chi connectivity index (χ1n) is 22.4. The largest absolute Gasteiger partial charge is 0.493 e. The van der Waals surface area contributed by atoms with Gasteiger partial charge in [0.05, 0.1) is 43.7 Å². The van der Waals surface area contributed by atoms with Crippen LogP contribution < -0.4 is 33.7 Å². The molecule has 0 bridgehead atoms. The third kappa shape index (κ3) is 8.39. The molecule has 5 aliphatic rings. The Morgan fingerprint density at radius 3 is 2.44 bits per heavy atom. The van der Waals surface area contributed by atoms with Gasteiger partial charge in [0.1, 0.15) is 29.3 Å². The highest BCUT2D eigenvalue weighted by Crippen LogP contribution is 2.49. The first kappa shape index (κ1) is 42.9. The van der Waals surface area contributed by atoms with Crippen molar-refractivity contribution in [3.63, 3.8) is 0 Å². The van der Waals surface area contributed by atoms with Crippen molar-refractivity contribution in [2.75, 3.05) is 40.7 Å². The predicted molar refractivity (Wildman–Crippen MR) is 235 cm³/mol. The third-order valence-electron chi connectivity index (χ3n) is 13.2. The number of aromatic amines is 1. The lowest BCUT2D eigenvalue weighted by molar-refractivity contribution is -0.143. The second kappa shape index (κ2) is 18.1. The summed E-state index contributed by atoms with van der Waals surface area (Å²) in [5.74, 6) is 0.419. The van der Waals surface area contributed by atoms with E-state index in [1.807, 2.05) is 24.3 Å². The Morgan fingerprint density at radius 2 is 1.67 bits per heavy atom. The van der Waals surface area contributed by atoms with Crippen LogP contribution in [0.2, 0.25) is 0 Å². The highest BCUT2D eigenvalue weighted by Gasteiger charge is 2.44. The van der Waals surface area contributed by atoms with Gasteiger partial charge in [-0.3, -0.25) is 9.59 Å². The zero-order valence-electron chi connectivity index (χ0n) is 36.5. The van der Waals surface area contributed by atoms with Crippen molar-refractivity contribution in [3.05, 3.63) is 83.8 Å². The fraction of sp³-hybridized carbons (Fsp3) is 0.417. The number of ether oxygens (including phenoxy) is 6. The lowest BCUT2D eigenvalue weighted by Gasteiger charge is -2.43. The molecule has 16 nitrogen and oxygen atoms in total. The highest BCUT2D eigenvalue weighted by molar-refractivity contribution is 6.07. The van der Waals surface area contributed by atoms with E-state index in [0.717, 1.165) is 61.9 Å². The van der Waals surface area contributed by atoms with Crippen LogP contribution in [0.1, 0.15) is 62.5 Å². The van der Waals surface area contributed by atoms with E-state index in [2.05, 4.69) is 20.3 Å². The average molecular weight is 906 g/mol. The van der Waals surface area contributed by atoms with Crippen LogP contribution in [0.4, 0.5) is 13.6 Å². The Kier molecular flexibility index (Phi) is 11.8. The fourth-order valence-electron chi connectivity index (χ4n) is 9.59. The summed E-state index contributed by atoms with van der Waals surface area (Å²) in [6.45, 7) is 1.07. The minimum absolute atomic E-state index is 0.0126. The van der Waals surface area contributed by atoms with Crippen LogP contribution in [0.25, 0.3) is 22.3 Å². The normalized spacial score (nSPS) is 19.8. The molecule has 2 aromatic heterocycles. The van der Waals surface area contributed by atoms with Gasteiger partial charge in [0.15, 0.2) is 40.4 Å². The Labute approximate surface area is 378 Å². The molecule has 3 atom stereocenters. The third-order valence-corrected chi connectivity index (χ3v) is 13.2. The molecule has 66 heavy (non-hydrogen) atoms. The van der Waals surface area contributed by atoms with Crippen molar-refractivity contribution in [2.45, 2.75) is 69.9 Å². The van der Waals surface area contributed by atoms with Gasteiger partial charge < -0.3 is 43.6 Å². The number of rotatable bonds is 13. The average Bonchev–Trinajstić information content (AvgIpc) is 3.90. The number of hydrogen-bond acceptors (Lipinski definition) is 12. The van der Waals surface area contributed by atoms with Gasteiger partial charge in [-0.25, -0.2) is 28.6 Å². The first-order valence-corrected chi connectivity index (χ1v) is 22.4. The molecule has 2 aliphatic carbocycles. The molecule has 5 heterocycles. The van der Waals surface area contributed by atoms with Crippen molar-refractivity contribution >= 4 is 34.7 Å². The molecule has 2 N–H and O–H groups in total.